The largest absolute Gasteiger partial charge is 0.390 e. The van der Waals surface area contributed by atoms with Crippen LogP contribution in [0.15, 0.2) is 12.5 Å². The monoisotopic (exact) mass is 100 g/mol. The molecule has 1 aromatic heterocycles. The molecule has 3 nitrogen and oxygen atoms in total. The Morgan fingerprint density at radius 2 is 2.71 bits per heavy atom. The van der Waals surface area contributed by atoms with E-state index in [0.717, 1.165) is 5.69 Å². The summed E-state index contributed by atoms with van der Waals surface area (Å²) >= 11 is 0. The summed E-state index contributed by atoms with van der Waals surface area (Å²) in [5.41, 5.74) is 0.750. The van der Waals surface area contributed by atoms with Crippen molar-refractivity contribution in [3.8, 4) is 0 Å². The van der Waals surface area contributed by atoms with Crippen molar-refractivity contribution in [2.45, 2.75) is 6.61 Å². The van der Waals surface area contributed by atoms with Crippen molar-refractivity contribution in [2.75, 3.05) is 0 Å². The molecule has 0 saturated carbocycles. The van der Waals surface area contributed by atoms with Crippen molar-refractivity contribution < 1.29 is 5.11 Å². The Kier molecular flexibility index (Phi) is 1.08. The van der Waals surface area contributed by atoms with E-state index in [4.69, 9.17) is 5.11 Å². The van der Waals surface area contributed by atoms with Crippen molar-refractivity contribution in [2.24, 2.45) is 0 Å². The fraction of sp³-hybridized carbons (Fsp3) is 0.250. The zero-order valence-corrected chi connectivity index (χ0v) is 3.76. The second-order valence-electron chi connectivity index (χ2n) is 1.23. The summed E-state index contributed by atoms with van der Waals surface area (Å²) < 4.78 is 0. The maximum Gasteiger partial charge on any atom is 0.0922 e. The smallest absolute Gasteiger partial charge is 0.0922 e. The van der Waals surface area contributed by atoms with Gasteiger partial charge in [0.25, 0.3) is 0 Å². The number of aliphatic hydroxyl groups excluding tert-OH is 1. The topological polar surface area (TPSA) is 48.9 Å². The van der Waals surface area contributed by atoms with E-state index in [1.54, 1.807) is 6.20 Å². The Balaban J connectivity index is 2.76. The van der Waals surface area contributed by atoms with Gasteiger partial charge in [-0.05, 0) is 0 Å². The van der Waals surface area contributed by atoms with Crippen LogP contribution in [0.3, 0.4) is 0 Å². The molecule has 0 aliphatic heterocycles. The molecule has 0 amide bonds. The van der Waals surface area contributed by atoms with Gasteiger partial charge >= 0.3 is 0 Å². The van der Waals surface area contributed by atoms with Gasteiger partial charge in [-0.15, -0.1) is 0 Å². The van der Waals surface area contributed by atoms with Gasteiger partial charge in [-0.1, -0.05) is 0 Å². The molecular formula is C4H6N2O. The maximum absolute atomic E-state index is 8.36. The van der Waals surface area contributed by atoms with Crippen LogP contribution in [0.4, 0.5) is 0 Å². The first-order valence-electron chi connectivity index (χ1n) is 2.01. The lowest BCUT2D eigenvalue weighted by atomic mass is 10.6. The zero-order valence-electron chi connectivity index (χ0n) is 3.76. The Morgan fingerprint density at radius 3 is 3.00 bits per heavy atom. The van der Waals surface area contributed by atoms with E-state index in [0.29, 0.717) is 0 Å². The number of nitrogens with zero attached hydrogens (tertiary/aromatic N) is 1. The zero-order chi connectivity index (χ0) is 5.11. The van der Waals surface area contributed by atoms with Gasteiger partial charge in [0.15, 0.2) is 0 Å². The highest BCUT2D eigenvalue weighted by Crippen LogP contribution is 1.86. The molecule has 1 heterocycles. The summed E-state index contributed by atoms with van der Waals surface area (Å²) in [6.45, 7) is 0.0417. The van der Waals surface area contributed by atoms with Gasteiger partial charge in [0.2, 0.25) is 0 Å². The number of aromatic nitrogens is 2. The predicted molar refractivity (Wildman–Crippen MR) is 24.5 cm³/mol. The molecule has 1 rings (SSSR count). The van der Waals surface area contributed by atoms with Gasteiger partial charge in [0.05, 0.1) is 24.8 Å². The van der Waals surface area contributed by atoms with Gasteiger partial charge in [0, 0.05) is 0 Å². The Labute approximate surface area is 41.0 Å². The molecule has 1 aromatic rings. The van der Waals surface area contributed by atoms with Crippen LogP contribution in [0.2, 0.25) is 0 Å². The van der Waals surface area contributed by atoms with Crippen LogP contribution < -0.4 is 0 Å². The number of hydrogen-bond donors (Lipinski definition) is 2. The molecule has 0 aliphatic carbocycles. The van der Waals surface area contributed by atoms with Crippen LogP contribution in [0.25, 0.3) is 0 Å². The summed E-state index contributed by atoms with van der Waals surface area (Å²) in [6, 6.07) is 0. The standard InChI is InChI=1S/C4H6N2O/c7-2-4-1-5-3-6-4/h1,3,7H,2H2,(H,5,6)/i5+1,6+1. The highest BCUT2D eigenvalue weighted by atomic mass is 16.3. The minimum atomic E-state index is 0.0417. The van der Waals surface area contributed by atoms with E-state index in [1.165, 1.54) is 6.33 Å². The Bertz CT molecular complexity index is 124. The minimum absolute atomic E-state index is 0.0417. The molecule has 0 saturated heterocycles. The highest BCUT2D eigenvalue weighted by molar-refractivity contribution is 4.90. The number of aliphatic hydroxyl groups is 1. The second kappa shape index (κ2) is 1.75. The molecule has 0 aliphatic rings. The molecule has 0 unspecified atom stereocenters. The highest BCUT2D eigenvalue weighted by Gasteiger charge is 1.83. The lowest BCUT2D eigenvalue weighted by Crippen LogP contribution is -1.77. The lowest BCUT2D eigenvalue weighted by molar-refractivity contribution is 0.277. The van der Waals surface area contributed by atoms with E-state index in [1.807, 2.05) is 0 Å². The lowest BCUT2D eigenvalue weighted by Gasteiger charge is -1.79. The first kappa shape index (κ1) is 4.33. The normalized spacial score (nSPS) is 9.29. The van der Waals surface area contributed by atoms with Crippen LogP contribution in [0.1, 0.15) is 5.69 Å². The number of nitrogens with one attached hydrogen (secondary N) is 1. The van der Waals surface area contributed by atoms with Crippen LogP contribution in [-0.4, -0.2) is 15.1 Å². The summed E-state index contributed by atoms with van der Waals surface area (Å²) in [7, 11) is 0. The molecule has 7 heavy (non-hydrogen) atoms. The third-order valence-electron chi connectivity index (χ3n) is 0.725. The van der Waals surface area contributed by atoms with Crippen molar-refractivity contribution >= 4 is 0 Å². The third-order valence-corrected chi connectivity index (χ3v) is 0.725. The molecule has 0 radical (unpaired) electrons. The number of imidazole rings is 1. The first-order valence-corrected chi connectivity index (χ1v) is 2.01. The van der Waals surface area contributed by atoms with Gasteiger partial charge in [-0.25, -0.2) is 4.98 Å². The molecule has 0 bridgehead atoms. The number of aromatic amines is 1. The molecule has 3 heteroatoms. The maximum atomic E-state index is 8.36. The molecule has 2 N–H and O–H groups in total. The van der Waals surface area contributed by atoms with Crippen molar-refractivity contribution in [1.82, 2.24) is 9.97 Å². The van der Waals surface area contributed by atoms with Gasteiger partial charge < -0.3 is 10.1 Å². The second-order valence-corrected chi connectivity index (χ2v) is 1.23. The van der Waals surface area contributed by atoms with Crippen LogP contribution in [0, 0.1) is 0 Å². The van der Waals surface area contributed by atoms with Crippen LogP contribution in [0.5, 0.6) is 0 Å². The molecular weight excluding hydrogens is 94.0 g/mol. The number of rotatable bonds is 1. The summed E-state index contributed by atoms with van der Waals surface area (Å²) in [5.74, 6) is 0. The quantitative estimate of drug-likeness (QED) is 0.517. The molecule has 0 spiro atoms. The minimum Gasteiger partial charge on any atom is -0.390 e. The first-order chi connectivity index (χ1) is 3.43. The average Bonchev–Trinajstić information content (AvgIpc) is 2.14. The summed E-state index contributed by atoms with van der Waals surface area (Å²) in [6.07, 6.45) is 3.12. The number of H-pyrrole nitrogens is 1. The molecule has 0 aromatic carbocycles. The van der Waals surface area contributed by atoms with Crippen molar-refractivity contribution in [3.63, 3.8) is 0 Å². The third kappa shape index (κ3) is 0.778. The van der Waals surface area contributed by atoms with Crippen molar-refractivity contribution in [1.29, 1.82) is 0 Å². The summed E-state index contributed by atoms with van der Waals surface area (Å²) in [5, 5.41) is 8.36. The van der Waals surface area contributed by atoms with E-state index < -0.39 is 0 Å². The molecule has 0 atom stereocenters. The van der Waals surface area contributed by atoms with Gasteiger partial charge in [-0.3, -0.25) is 0 Å². The van der Waals surface area contributed by atoms with Gasteiger partial charge in [0.1, 0.15) is 0 Å². The molecule has 38 valence electrons. The van der Waals surface area contributed by atoms with Crippen LogP contribution >= 0.6 is 0 Å². The SMILES string of the molecule is OCc1c[15n]c[15nH]1. The van der Waals surface area contributed by atoms with Crippen molar-refractivity contribution in [3.05, 3.63) is 18.2 Å². The van der Waals surface area contributed by atoms with Gasteiger partial charge in [-0.2, -0.15) is 0 Å². The predicted octanol–water partition coefficient (Wildman–Crippen LogP) is -0.0980. The number of hydrogen-bond acceptors (Lipinski definition) is 2. The average molecular weight is 100 g/mol. The summed E-state index contributed by atoms with van der Waals surface area (Å²) in [4.78, 5) is 6.40. The fourth-order valence-corrected chi connectivity index (χ4v) is 0.371. The fourth-order valence-electron chi connectivity index (χ4n) is 0.371. The van der Waals surface area contributed by atoms with E-state index in [2.05, 4.69) is 9.97 Å². The van der Waals surface area contributed by atoms with E-state index in [9.17, 15) is 0 Å². The van der Waals surface area contributed by atoms with Crippen LogP contribution in [-0.2, 0) is 6.61 Å². The Hall–Kier alpha value is -0.830. The van der Waals surface area contributed by atoms with E-state index in [-0.39, 0.29) is 6.61 Å². The molecule has 0 fully saturated rings. The Morgan fingerprint density at radius 1 is 1.86 bits per heavy atom. The van der Waals surface area contributed by atoms with E-state index >= 15 is 0 Å².